The van der Waals surface area contributed by atoms with Crippen LogP contribution in [0, 0.1) is 0 Å². The van der Waals surface area contributed by atoms with Gasteiger partial charge < -0.3 is 19.7 Å². The Morgan fingerprint density at radius 2 is 1.67 bits per heavy atom. The summed E-state index contributed by atoms with van der Waals surface area (Å²) in [6.45, 7) is 1.23. The lowest BCUT2D eigenvalue weighted by Crippen LogP contribution is -2.52. The SMILES string of the molecule is COc1ccc(S(=O)(=O)N(CC(=O)N(Cc2cccc(Br)c2)C(C)C(=O)NC2CCCC2)c2ccccc2OC)cc1. The van der Waals surface area contributed by atoms with E-state index in [0.717, 1.165) is 40.0 Å². The summed E-state index contributed by atoms with van der Waals surface area (Å²) < 4.78 is 40.7. The zero-order valence-electron chi connectivity index (χ0n) is 24.0. The first kappa shape index (κ1) is 31.4. The van der Waals surface area contributed by atoms with Gasteiger partial charge in [-0.05, 0) is 73.9 Å². The van der Waals surface area contributed by atoms with Crippen molar-refractivity contribution < 1.29 is 27.5 Å². The minimum Gasteiger partial charge on any atom is -0.497 e. The molecule has 0 aliphatic heterocycles. The highest BCUT2D eigenvalue weighted by Crippen LogP contribution is 2.33. The summed E-state index contributed by atoms with van der Waals surface area (Å²) in [7, 11) is -1.31. The van der Waals surface area contributed by atoms with E-state index in [0.29, 0.717) is 5.75 Å². The van der Waals surface area contributed by atoms with Gasteiger partial charge in [-0.3, -0.25) is 13.9 Å². The van der Waals surface area contributed by atoms with Crippen LogP contribution in [0.15, 0.2) is 82.2 Å². The maximum absolute atomic E-state index is 14.1. The number of benzene rings is 3. The van der Waals surface area contributed by atoms with E-state index in [1.54, 1.807) is 43.3 Å². The number of hydrogen-bond donors (Lipinski definition) is 1. The molecule has 1 fully saturated rings. The maximum Gasteiger partial charge on any atom is 0.264 e. The van der Waals surface area contributed by atoms with Gasteiger partial charge in [-0.1, -0.05) is 53.0 Å². The Kier molecular flexibility index (Phi) is 10.5. The quantitative estimate of drug-likeness (QED) is 0.289. The van der Waals surface area contributed by atoms with Crippen molar-refractivity contribution in [1.82, 2.24) is 10.2 Å². The number of methoxy groups -OCH3 is 2. The summed E-state index contributed by atoms with van der Waals surface area (Å²) in [5, 5.41) is 3.08. The van der Waals surface area contributed by atoms with Gasteiger partial charge in [0.1, 0.15) is 24.1 Å². The zero-order chi connectivity index (χ0) is 30.3. The fraction of sp³-hybridized carbons (Fsp3) is 0.355. The number of halogens is 1. The van der Waals surface area contributed by atoms with Gasteiger partial charge >= 0.3 is 0 Å². The third-order valence-electron chi connectivity index (χ3n) is 7.39. The minimum absolute atomic E-state index is 0.0208. The van der Waals surface area contributed by atoms with Crippen LogP contribution >= 0.6 is 15.9 Å². The van der Waals surface area contributed by atoms with E-state index >= 15 is 0 Å². The van der Waals surface area contributed by atoms with Crippen LogP contribution in [0.5, 0.6) is 11.5 Å². The highest BCUT2D eigenvalue weighted by atomic mass is 79.9. The van der Waals surface area contributed by atoms with Crippen molar-refractivity contribution in [3.05, 3.63) is 82.8 Å². The second-order valence-electron chi connectivity index (χ2n) is 10.2. The molecule has 0 aromatic heterocycles. The summed E-state index contributed by atoms with van der Waals surface area (Å²) in [5.74, 6) is -0.0248. The molecule has 3 aromatic carbocycles. The monoisotopic (exact) mass is 657 g/mol. The van der Waals surface area contributed by atoms with Crippen molar-refractivity contribution in [3.8, 4) is 11.5 Å². The van der Waals surface area contributed by atoms with E-state index in [9.17, 15) is 18.0 Å². The highest BCUT2D eigenvalue weighted by molar-refractivity contribution is 9.10. The normalized spacial score (nSPS) is 14.2. The molecule has 1 saturated carbocycles. The topological polar surface area (TPSA) is 105 Å². The Balaban J connectivity index is 1.72. The van der Waals surface area contributed by atoms with Gasteiger partial charge in [0.05, 0.1) is 24.8 Å². The van der Waals surface area contributed by atoms with Gasteiger partial charge in [0, 0.05) is 17.1 Å². The first-order valence-electron chi connectivity index (χ1n) is 13.8. The maximum atomic E-state index is 14.1. The lowest BCUT2D eigenvalue weighted by Gasteiger charge is -2.33. The van der Waals surface area contributed by atoms with E-state index < -0.39 is 28.5 Å². The number of carbonyl (C=O) groups excluding carboxylic acids is 2. The van der Waals surface area contributed by atoms with Gasteiger partial charge in [-0.2, -0.15) is 0 Å². The van der Waals surface area contributed by atoms with E-state index in [1.165, 1.54) is 31.3 Å². The lowest BCUT2D eigenvalue weighted by molar-refractivity contribution is -0.139. The van der Waals surface area contributed by atoms with Crippen LogP contribution in [0.2, 0.25) is 0 Å². The number of nitrogens with zero attached hydrogens (tertiary/aromatic N) is 2. The van der Waals surface area contributed by atoms with Gasteiger partial charge in [-0.15, -0.1) is 0 Å². The standard InChI is InChI=1S/C31H36BrN3O6S/c1-22(31(37)33-25-11-4-5-12-25)34(20-23-9-8-10-24(32)19-23)30(36)21-35(28-13-6-7-14-29(28)41-3)42(38,39)27-17-15-26(40-2)16-18-27/h6-10,13-19,22,25H,4-5,11-12,20-21H2,1-3H3,(H,33,37). The summed E-state index contributed by atoms with van der Waals surface area (Å²) in [4.78, 5) is 28.9. The summed E-state index contributed by atoms with van der Waals surface area (Å²) in [6.07, 6.45) is 3.91. The number of nitrogens with one attached hydrogen (secondary N) is 1. The third kappa shape index (κ3) is 7.43. The molecule has 11 heteroatoms. The molecule has 4 rings (SSSR count). The molecule has 1 aliphatic rings. The smallest absolute Gasteiger partial charge is 0.264 e. The van der Waals surface area contributed by atoms with E-state index in [-0.39, 0.29) is 34.8 Å². The van der Waals surface area contributed by atoms with Crippen LogP contribution in [-0.2, 0) is 26.2 Å². The molecule has 1 atom stereocenters. The molecule has 1 aliphatic carbocycles. The molecular weight excluding hydrogens is 622 g/mol. The van der Waals surface area contributed by atoms with Crippen LogP contribution in [0.25, 0.3) is 0 Å². The third-order valence-corrected chi connectivity index (χ3v) is 9.66. The lowest BCUT2D eigenvalue weighted by atomic mass is 10.1. The average Bonchev–Trinajstić information content (AvgIpc) is 3.51. The summed E-state index contributed by atoms with van der Waals surface area (Å²) in [5.41, 5.74) is 0.995. The largest absolute Gasteiger partial charge is 0.497 e. The molecule has 2 amide bonds. The number of para-hydroxylation sites is 2. The van der Waals surface area contributed by atoms with Crippen molar-refractivity contribution in [1.29, 1.82) is 0 Å². The predicted octanol–water partition coefficient (Wildman–Crippen LogP) is 5.14. The number of carbonyl (C=O) groups is 2. The van der Waals surface area contributed by atoms with Crippen molar-refractivity contribution in [2.24, 2.45) is 0 Å². The zero-order valence-corrected chi connectivity index (χ0v) is 26.4. The Morgan fingerprint density at radius 3 is 2.31 bits per heavy atom. The van der Waals surface area contributed by atoms with E-state index in [4.69, 9.17) is 9.47 Å². The second kappa shape index (κ2) is 14.1. The summed E-state index contributed by atoms with van der Waals surface area (Å²) >= 11 is 3.47. The molecule has 1 unspecified atom stereocenters. The van der Waals surface area contributed by atoms with E-state index in [1.807, 2.05) is 24.3 Å². The Hall–Kier alpha value is -3.57. The number of sulfonamides is 1. The van der Waals surface area contributed by atoms with Crippen LogP contribution in [0.3, 0.4) is 0 Å². The van der Waals surface area contributed by atoms with Crippen molar-refractivity contribution in [2.75, 3.05) is 25.1 Å². The first-order valence-corrected chi connectivity index (χ1v) is 16.0. The first-order chi connectivity index (χ1) is 20.1. The van der Waals surface area contributed by atoms with Crippen LogP contribution < -0.4 is 19.1 Å². The molecule has 0 bridgehead atoms. The Morgan fingerprint density at radius 1 is 0.976 bits per heavy atom. The van der Waals surface area contributed by atoms with Gasteiger partial charge in [0.15, 0.2) is 0 Å². The number of ether oxygens (including phenoxy) is 2. The molecule has 0 saturated heterocycles. The highest BCUT2D eigenvalue weighted by Gasteiger charge is 2.34. The fourth-order valence-electron chi connectivity index (χ4n) is 5.03. The number of anilines is 1. The predicted molar refractivity (Wildman–Crippen MR) is 165 cm³/mol. The molecule has 1 N–H and O–H groups in total. The minimum atomic E-state index is -4.24. The molecular formula is C31H36BrN3O6S. The molecule has 0 heterocycles. The van der Waals surface area contributed by atoms with E-state index in [2.05, 4.69) is 21.2 Å². The number of amides is 2. The molecule has 9 nitrogen and oxygen atoms in total. The van der Waals surface area contributed by atoms with Gasteiger partial charge in [0.2, 0.25) is 11.8 Å². The Bertz CT molecular complexity index is 1490. The van der Waals surface area contributed by atoms with Crippen LogP contribution in [0.1, 0.15) is 38.2 Å². The molecule has 42 heavy (non-hydrogen) atoms. The van der Waals surface area contributed by atoms with Crippen molar-refractivity contribution in [2.45, 2.75) is 56.1 Å². The molecule has 0 spiro atoms. The average molecular weight is 659 g/mol. The summed E-state index contributed by atoms with van der Waals surface area (Å²) in [6, 6.07) is 19.2. The fourth-order valence-corrected chi connectivity index (χ4v) is 6.90. The van der Waals surface area contributed by atoms with Gasteiger partial charge in [0.25, 0.3) is 10.0 Å². The van der Waals surface area contributed by atoms with Crippen molar-refractivity contribution in [3.63, 3.8) is 0 Å². The second-order valence-corrected chi connectivity index (χ2v) is 13.0. The Labute approximate surface area is 256 Å². The molecule has 3 aromatic rings. The number of hydrogen-bond acceptors (Lipinski definition) is 6. The van der Waals surface area contributed by atoms with Crippen LogP contribution in [0.4, 0.5) is 5.69 Å². The van der Waals surface area contributed by atoms with Gasteiger partial charge in [-0.25, -0.2) is 8.42 Å². The van der Waals surface area contributed by atoms with Crippen LogP contribution in [-0.4, -0.2) is 58.0 Å². The molecule has 0 radical (unpaired) electrons. The van der Waals surface area contributed by atoms with Crippen molar-refractivity contribution >= 4 is 43.5 Å². The number of rotatable bonds is 12. The molecule has 224 valence electrons.